The van der Waals surface area contributed by atoms with Gasteiger partial charge in [-0.2, -0.15) is 0 Å². The first kappa shape index (κ1) is 17.3. The van der Waals surface area contributed by atoms with Gasteiger partial charge < -0.3 is 5.32 Å². The Morgan fingerprint density at radius 3 is 2.27 bits per heavy atom. The summed E-state index contributed by atoms with van der Waals surface area (Å²) in [5, 5.41) is 3.48. The Kier molecular flexibility index (Phi) is 6.24. The molecule has 1 aromatic carbocycles. The van der Waals surface area contributed by atoms with Crippen LogP contribution in [0.15, 0.2) is 24.3 Å². The molecule has 122 valence electrons. The Morgan fingerprint density at radius 2 is 1.77 bits per heavy atom. The van der Waals surface area contributed by atoms with Crippen molar-refractivity contribution in [3.8, 4) is 0 Å². The van der Waals surface area contributed by atoms with E-state index in [4.69, 9.17) is 11.6 Å². The summed E-state index contributed by atoms with van der Waals surface area (Å²) in [6.45, 7) is 9.39. The zero-order valence-electron chi connectivity index (χ0n) is 13.7. The van der Waals surface area contributed by atoms with Gasteiger partial charge in [0.05, 0.1) is 5.92 Å². The molecule has 0 spiro atoms. The Bertz CT molecular complexity index is 481. The van der Waals surface area contributed by atoms with E-state index in [2.05, 4.69) is 29.0 Å². The van der Waals surface area contributed by atoms with Crippen LogP contribution in [-0.2, 0) is 4.79 Å². The summed E-state index contributed by atoms with van der Waals surface area (Å²) in [5.74, 6) is -0.0820. The molecule has 0 saturated carbocycles. The van der Waals surface area contributed by atoms with Crippen LogP contribution in [-0.4, -0.2) is 61.5 Å². The Labute approximate surface area is 138 Å². The lowest BCUT2D eigenvalue weighted by molar-refractivity contribution is -0.122. The molecule has 0 aromatic heterocycles. The maximum Gasteiger partial charge on any atom is 0.228 e. The van der Waals surface area contributed by atoms with Gasteiger partial charge in [-0.1, -0.05) is 23.7 Å². The van der Waals surface area contributed by atoms with E-state index in [1.807, 2.05) is 24.3 Å². The van der Waals surface area contributed by atoms with E-state index in [0.29, 0.717) is 11.1 Å². The van der Waals surface area contributed by atoms with E-state index in [1.54, 1.807) is 7.05 Å². The second kappa shape index (κ2) is 7.95. The minimum absolute atomic E-state index is 0.0635. The van der Waals surface area contributed by atoms with Crippen molar-refractivity contribution >= 4 is 17.5 Å². The van der Waals surface area contributed by atoms with Crippen molar-refractivity contribution in [2.24, 2.45) is 0 Å². The van der Waals surface area contributed by atoms with E-state index in [-0.39, 0.29) is 11.8 Å². The zero-order valence-corrected chi connectivity index (χ0v) is 14.4. The lowest BCUT2D eigenvalue weighted by Crippen LogP contribution is -2.50. The van der Waals surface area contributed by atoms with Crippen LogP contribution in [0.5, 0.6) is 0 Å². The minimum Gasteiger partial charge on any atom is -0.359 e. The normalized spacial score (nSPS) is 18.4. The number of piperazine rings is 1. The van der Waals surface area contributed by atoms with Crippen LogP contribution >= 0.6 is 11.6 Å². The highest BCUT2D eigenvalue weighted by molar-refractivity contribution is 6.30. The van der Waals surface area contributed by atoms with Crippen molar-refractivity contribution in [2.45, 2.75) is 25.8 Å². The summed E-state index contributed by atoms with van der Waals surface area (Å²) in [7, 11) is 1.70. The van der Waals surface area contributed by atoms with Crippen LogP contribution in [0.3, 0.4) is 0 Å². The van der Waals surface area contributed by atoms with Crippen LogP contribution in [0.2, 0.25) is 5.02 Å². The van der Waals surface area contributed by atoms with Crippen molar-refractivity contribution < 1.29 is 4.79 Å². The number of nitrogens with zero attached hydrogens (tertiary/aromatic N) is 2. The first-order valence-corrected chi connectivity index (χ1v) is 8.32. The molecule has 1 amide bonds. The smallest absolute Gasteiger partial charge is 0.228 e. The van der Waals surface area contributed by atoms with Crippen LogP contribution in [0.1, 0.15) is 25.3 Å². The molecule has 1 aliphatic rings. The van der Waals surface area contributed by atoms with Crippen molar-refractivity contribution in [1.82, 2.24) is 15.1 Å². The van der Waals surface area contributed by atoms with E-state index < -0.39 is 0 Å². The summed E-state index contributed by atoms with van der Waals surface area (Å²) in [5.41, 5.74) is 1.02. The van der Waals surface area contributed by atoms with Crippen molar-refractivity contribution in [3.05, 3.63) is 34.9 Å². The van der Waals surface area contributed by atoms with Crippen LogP contribution in [0.25, 0.3) is 0 Å². The number of carbonyl (C=O) groups excluding carboxylic acids is 1. The molecule has 1 atom stereocenters. The summed E-state index contributed by atoms with van der Waals surface area (Å²) in [6.07, 6.45) is 0. The van der Waals surface area contributed by atoms with Gasteiger partial charge in [0.2, 0.25) is 5.91 Å². The fourth-order valence-corrected chi connectivity index (χ4v) is 3.06. The maximum atomic E-state index is 12.3. The lowest BCUT2D eigenvalue weighted by Gasteiger charge is -2.38. The zero-order chi connectivity index (χ0) is 16.1. The Morgan fingerprint density at radius 1 is 1.18 bits per heavy atom. The van der Waals surface area contributed by atoms with Gasteiger partial charge in [0.1, 0.15) is 0 Å². The summed E-state index contributed by atoms with van der Waals surface area (Å²) >= 11 is 5.95. The number of halogens is 1. The van der Waals surface area contributed by atoms with E-state index in [0.717, 1.165) is 38.3 Å². The highest BCUT2D eigenvalue weighted by Crippen LogP contribution is 2.21. The van der Waals surface area contributed by atoms with E-state index in [9.17, 15) is 4.79 Å². The van der Waals surface area contributed by atoms with Gasteiger partial charge in [0, 0.05) is 50.8 Å². The number of benzene rings is 1. The minimum atomic E-state index is -0.145. The second-order valence-corrected chi connectivity index (χ2v) is 6.59. The molecule has 1 N–H and O–H groups in total. The third kappa shape index (κ3) is 4.45. The molecule has 1 heterocycles. The third-order valence-electron chi connectivity index (χ3n) is 4.41. The first-order chi connectivity index (χ1) is 10.5. The number of nitrogens with one attached hydrogen (secondary N) is 1. The SMILES string of the molecule is CNC(=O)[C@H](CN1CCN(C(C)C)CC1)c1ccc(Cl)cc1. The number of rotatable bonds is 5. The highest BCUT2D eigenvalue weighted by Gasteiger charge is 2.25. The number of carbonyl (C=O) groups is 1. The van der Waals surface area contributed by atoms with Gasteiger partial charge in [-0.15, -0.1) is 0 Å². The molecule has 1 saturated heterocycles. The lowest BCUT2D eigenvalue weighted by atomic mass is 9.97. The monoisotopic (exact) mass is 323 g/mol. The topological polar surface area (TPSA) is 35.6 Å². The van der Waals surface area contributed by atoms with Crippen LogP contribution in [0.4, 0.5) is 0 Å². The van der Waals surface area contributed by atoms with Crippen LogP contribution < -0.4 is 5.32 Å². The predicted octanol–water partition coefficient (Wildman–Crippen LogP) is 2.20. The van der Waals surface area contributed by atoms with Gasteiger partial charge in [0.25, 0.3) is 0 Å². The maximum absolute atomic E-state index is 12.3. The molecule has 1 aromatic rings. The van der Waals surface area contributed by atoms with Gasteiger partial charge in [-0.25, -0.2) is 0 Å². The van der Waals surface area contributed by atoms with Crippen molar-refractivity contribution in [2.75, 3.05) is 39.8 Å². The largest absolute Gasteiger partial charge is 0.359 e. The second-order valence-electron chi connectivity index (χ2n) is 6.15. The molecule has 4 nitrogen and oxygen atoms in total. The fraction of sp³-hybridized carbons (Fsp3) is 0.588. The molecule has 0 bridgehead atoms. The van der Waals surface area contributed by atoms with Crippen molar-refractivity contribution in [3.63, 3.8) is 0 Å². The molecular weight excluding hydrogens is 298 g/mol. The van der Waals surface area contributed by atoms with Gasteiger partial charge in [-0.05, 0) is 31.5 Å². The Balaban J connectivity index is 2.02. The standard InChI is InChI=1S/C17H26ClN3O/c1-13(2)21-10-8-20(9-11-21)12-16(17(22)19-3)14-4-6-15(18)7-5-14/h4-7,13,16H,8-12H2,1-3H3,(H,19,22)/t16-/m1/s1. The number of hydrogen-bond acceptors (Lipinski definition) is 3. The molecule has 5 heteroatoms. The Hall–Kier alpha value is -1.10. The number of amides is 1. The van der Waals surface area contributed by atoms with Gasteiger partial charge in [0.15, 0.2) is 0 Å². The first-order valence-electron chi connectivity index (χ1n) is 7.94. The molecule has 1 fully saturated rings. The summed E-state index contributed by atoms with van der Waals surface area (Å²) in [6, 6.07) is 8.19. The molecule has 0 unspecified atom stereocenters. The van der Waals surface area contributed by atoms with Crippen LogP contribution in [0, 0.1) is 0 Å². The van der Waals surface area contributed by atoms with E-state index >= 15 is 0 Å². The summed E-state index contributed by atoms with van der Waals surface area (Å²) in [4.78, 5) is 17.1. The number of hydrogen-bond donors (Lipinski definition) is 1. The predicted molar refractivity (Wildman–Crippen MR) is 91.4 cm³/mol. The molecular formula is C17H26ClN3O. The molecule has 1 aliphatic heterocycles. The van der Waals surface area contributed by atoms with Gasteiger partial charge >= 0.3 is 0 Å². The van der Waals surface area contributed by atoms with Gasteiger partial charge in [-0.3, -0.25) is 14.6 Å². The molecule has 0 aliphatic carbocycles. The summed E-state index contributed by atoms with van der Waals surface area (Å²) < 4.78 is 0. The number of likely N-dealkylation sites (N-methyl/N-ethyl adjacent to an activating group) is 1. The molecule has 0 radical (unpaired) electrons. The molecule has 2 rings (SSSR count). The van der Waals surface area contributed by atoms with E-state index in [1.165, 1.54) is 0 Å². The van der Waals surface area contributed by atoms with Crippen molar-refractivity contribution in [1.29, 1.82) is 0 Å². The average molecular weight is 324 g/mol. The molecule has 22 heavy (non-hydrogen) atoms. The fourth-order valence-electron chi connectivity index (χ4n) is 2.93. The quantitative estimate of drug-likeness (QED) is 0.902. The average Bonchev–Trinajstić information content (AvgIpc) is 2.53. The highest BCUT2D eigenvalue weighted by atomic mass is 35.5. The third-order valence-corrected chi connectivity index (χ3v) is 4.67.